The van der Waals surface area contributed by atoms with Crippen LogP contribution in [0.3, 0.4) is 0 Å². The molecule has 5 heteroatoms. The van der Waals surface area contributed by atoms with Crippen molar-refractivity contribution in [3.05, 3.63) is 96.1 Å². The molecule has 3 aromatic rings. The number of nitrogens with zero attached hydrogens (tertiary/aromatic N) is 3. The minimum absolute atomic E-state index is 0.0303. The molecule has 1 atom stereocenters. The van der Waals surface area contributed by atoms with Crippen molar-refractivity contribution in [3.63, 3.8) is 0 Å². The summed E-state index contributed by atoms with van der Waals surface area (Å²) < 4.78 is 0. The highest BCUT2D eigenvalue weighted by atomic mass is 16.2. The maximum Gasteiger partial charge on any atom is 0.235 e. The van der Waals surface area contributed by atoms with E-state index in [1.165, 1.54) is 5.56 Å². The highest BCUT2D eigenvalue weighted by Gasteiger charge is 2.30. The summed E-state index contributed by atoms with van der Waals surface area (Å²) in [4.78, 5) is 24.4. The molecule has 2 aromatic heterocycles. The Morgan fingerprint density at radius 2 is 1.62 bits per heavy atom. The average Bonchev–Trinajstić information content (AvgIpc) is 3.22. The van der Waals surface area contributed by atoms with Gasteiger partial charge in [0.1, 0.15) is 5.92 Å². The number of benzene rings is 1. The fourth-order valence-electron chi connectivity index (χ4n) is 3.88. The van der Waals surface area contributed by atoms with Gasteiger partial charge in [0.2, 0.25) is 5.91 Å². The molecule has 5 nitrogen and oxygen atoms in total. The molecule has 1 fully saturated rings. The van der Waals surface area contributed by atoms with E-state index in [1.807, 2.05) is 42.5 Å². The SMILES string of the molecule is O=C(N[C@H]1CCN(CCc2ccccc2)C1)C(c1ccccn1)c1ccccn1. The van der Waals surface area contributed by atoms with Gasteiger partial charge in [-0.25, -0.2) is 0 Å². The molecule has 0 bridgehead atoms. The first kappa shape index (κ1) is 19.3. The van der Waals surface area contributed by atoms with Crippen LogP contribution in [0.25, 0.3) is 0 Å². The number of carbonyl (C=O) groups excluding carboxylic acids is 1. The summed E-state index contributed by atoms with van der Waals surface area (Å²) >= 11 is 0. The summed E-state index contributed by atoms with van der Waals surface area (Å²) in [6.45, 7) is 2.91. The van der Waals surface area contributed by atoms with Crippen molar-refractivity contribution in [2.24, 2.45) is 0 Å². The van der Waals surface area contributed by atoms with Crippen LogP contribution >= 0.6 is 0 Å². The molecule has 3 heterocycles. The third kappa shape index (κ3) is 5.06. The van der Waals surface area contributed by atoms with Crippen LogP contribution in [0.4, 0.5) is 0 Å². The number of rotatable bonds is 7. The molecule has 29 heavy (non-hydrogen) atoms. The van der Waals surface area contributed by atoms with Gasteiger partial charge in [-0.05, 0) is 42.7 Å². The van der Waals surface area contributed by atoms with Crippen molar-refractivity contribution >= 4 is 5.91 Å². The molecule has 0 unspecified atom stereocenters. The molecule has 0 spiro atoms. The number of hydrogen-bond donors (Lipinski definition) is 1. The van der Waals surface area contributed by atoms with E-state index in [0.29, 0.717) is 0 Å². The Hall–Kier alpha value is -3.05. The van der Waals surface area contributed by atoms with Crippen molar-refractivity contribution in [2.75, 3.05) is 19.6 Å². The standard InChI is InChI=1S/C24H26N4O/c29-24(23(21-10-4-6-14-25-21)22-11-5-7-15-26-22)27-20-13-17-28(18-20)16-12-19-8-2-1-3-9-19/h1-11,14-15,20,23H,12-13,16-18H2,(H,27,29)/t20-/m0/s1. The van der Waals surface area contributed by atoms with E-state index in [4.69, 9.17) is 0 Å². The highest BCUT2D eigenvalue weighted by Crippen LogP contribution is 2.22. The predicted octanol–water partition coefficient (Wildman–Crippen LogP) is 3.04. The van der Waals surface area contributed by atoms with Crippen molar-refractivity contribution in [3.8, 4) is 0 Å². The fraction of sp³-hybridized carbons (Fsp3) is 0.292. The van der Waals surface area contributed by atoms with E-state index < -0.39 is 5.92 Å². The number of amides is 1. The number of likely N-dealkylation sites (tertiary alicyclic amines) is 1. The summed E-state index contributed by atoms with van der Waals surface area (Å²) in [6, 6.07) is 22.0. The highest BCUT2D eigenvalue weighted by molar-refractivity contribution is 5.86. The van der Waals surface area contributed by atoms with E-state index in [-0.39, 0.29) is 11.9 Å². The van der Waals surface area contributed by atoms with Gasteiger partial charge in [0, 0.05) is 38.1 Å². The molecule has 0 saturated carbocycles. The first-order chi connectivity index (χ1) is 14.3. The van der Waals surface area contributed by atoms with Crippen LogP contribution in [0.2, 0.25) is 0 Å². The van der Waals surface area contributed by atoms with E-state index in [2.05, 4.69) is 44.5 Å². The maximum atomic E-state index is 13.2. The third-order valence-electron chi connectivity index (χ3n) is 5.41. The minimum atomic E-state index is -0.490. The first-order valence-electron chi connectivity index (χ1n) is 10.2. The summed E-state index contributed by atoms with van der Waals surface area (Å²) in [5.41, 5.74) is 2.80. The number of nitrogens with one attached hydrogen (secondary N) is 1. The van der Waals surface area contributed by atoms with Gasteiger partial charge >= 0.3 is 0 Å². The first-order valence-corrected chi connectivity index (χ1v) is 10.2. The number of pyridine rings is 2. The van der Waals surface area contributed by atoms with Crippen molar-refractivity contribution in [1.29, 1.82) is 0 Å². The van der Waals surface area contributed by atoms with Gasteiger partial charge in [0.15, 0.2) is 0 Å². The van der Waals surface area contributed by atoms with Gasteiger partial charge in [-0.2, -0.15) is 0 Å². The van der Waals surface area contributed by atoms with E-state index in [0.717, 1.165) is 43.9 Å². The largest absolute Gasteiger partial charge is 0.351 e. The molecule has 1 N–H and O–H groups in total. The molecule has 1 amide bonds. The number of carbonyl (C=O) groups is 1. The van der Waals surface area contributed by atoms with E-state index in [1.54, 1.807) is 12.4 Å². The second-order valence-electron chi connectivity index (χ2n) is 7.47. The zero-order valence-electron chi connectivity index (χ0n) is 16.4. The van der Waals surface area contributed by atoms with Gasteiger partial charge in [-0.1, -0.05) is 42.5 Å². The van der Waals surface area contributed by atoms with Crippen molar-refractivity contribution < 1.29 is 4.79 Å². The number of hydrogen-bond acceptors (Lipinski definition) is 4. The van der Waals surface area contributed by atoms with Crippen LogP contribution in [0.5, 0.6) is 0 Å². The van der Waals surface area contributed by atoms with E-state index in [9.17, 15) is 4.79 Å². The summed E-state index contributed by atoms with van der Waals surface area (Å²) in [5, 5.41) is 3.24. The Kier molecular flexibility index (Phi) is 6.27. The molecule has 0 aliphatic carbocycles. The molecule has 0 radical (unpaired) electrons. The van der Waals surface area contributed by atoms with Gasteiger partial charge in [0.25, 0.3) is 0 Å². The van der Waals surface area contributed by atoms with Crippen LogP contribution in [0.15, 0.2) is 79.1 Å². The van der Waals surface area contributed by atoms with Gasteiger partial charge in [-0.15, -0.1) is 0 Å². The minimum Gasteiger partial charge on any atom is -0.351 e. The van der Waals surface area contributed by atoms with E-state index >= 15 is 0 Å². The lowest BCUT2D eigenvalue weighted by Crippen LogP contribution is -2.40. The van der Waals surface area contributed by atoms with Gasteiger partial charge in [0.05, 0.1) is 11.4 Å². The smallest absolute Gasteiger partial charge is 0.235 e. The lowest BCUT2D eigenvalue weighted by Gasteiger charge is -2.20. The van der Waals surface area contributed by atoms with Crippen LogP contribution in [-0.2, 0) is 11.2 Å². The predicted molar refractivity (Wildman–Crippen MR) is 113 cm³/mol. The summed E-state index contributed by atoms with van der Waals surface area (Å²) in [6.07, 6.45) is 5.45. The monoisotopic (exact) mass is 386 g/mol. The zero-order chi connectivity index (χ0) is 19.9. The van der Waals surface area contributed by atoms with Crippen LogP contribution in [0.1, 0.15) is 29.3 Å². The summed E-state index contributed by atoms with van der Waals surface area (Å²) in [5.74, 6) is -0.520. The van der Waals surface area contributed by atoms with Crippen LogP contribution in [0, 0.1) is 0 Å². The molecule has 1 aliphatic heterocycles. The van der Waals surface area contributed by atoms with Crippen LogP contribution in [-0.4, -0.2) is 46.5 Å². The Balaban J connectivity index is 1.38. The zero-order valence-corrected chi connectivity index (χ0v) is 16.4. The summed E-state index contributed by atoms with van der Waals surface area (Å²) in [7, 11) is 0. The average molecular weight is 386 g/mol. The topological polar surface area (TPSA) is 58.1 Å². The lowest BCUT2D eigenvalue weighted by molar-refractivity contribution is -0.122. The molecule has 148 valence electrons. The molecule has 1 saturated heterocycles. The van der Waals surface area contributed by atoms with Crippen molar-refractivity contribution in [1.82, 2.24) is 20.2 Å². The second kappa shape index (κ2) is 9.43. The second-order valence-corrected chi connectivity index (χ2v) is 7.47. The fourth-order valence-corrected chi connectivity index (χ4v) is 3.88. The molecular weight excluding hydrogens is 360 g/mol. The number of aromatic nitrogens is 2. The quantitative estimate of drug-likeness (QED) is 0.678. The van der Waals surface area contributed by atoms with Gasteiger partial charge < -0.3 is 10.2 Å². The Bertz CT molecular complexity index is 862. The lowest BCUT2D eigenvalue weighted by atomic mass is 9.98. The van der Waals surface area contributed by atoms with Crippen LogP contribution < -0.4 is 5.32 Å². The maximum absolute atomic E-state index is 13.2. The molecular formula is C24H26N4O. The Morgan fingerprint density at radius 1 is 0.966 bits per heavy atom. The van der Waals surface area contributed by atoms with Crippen molar-refractivity contribution in [2.45, 2.75) is 24.8 Å². The van der Waals surface area contributed by atoms with Gasteiger partial charge in [-0.3, -0.25) is 14.8 Å². The normalized spacial score (nSPS) is 16.8. The Morgan fingerprint density at radius 3 is 2.24 bits per heavy atom. The molecule has 4 rings (SSSR count). The molecule has 1 aliphatic rings. The Labute approximate surface area is 171 Å². The molecule has 1 aromatic carbocycles. The third-order valence-corrected chi connectivity index (χ3v) is 5.41.